The van der Waals surface area contributed by atoms with E-state index in [1.54, 1.807) is 0 Å². The summed E-state index contributed by atoms with van der Waals surface area (Å²) in [5.41, 5.74) is 14.8. The smallest absolute Gasteiger partial charge is 0.135 e. The van der Waals surface area contributed by atoms with E-state index in [-0.39, 0.29) is 10.8 Å². The van der Waals surface area contributed by atoms with E-state index >= 15 is 0 Å². The van der Waals surface area contributed by atoms with Crippen LogP contribution < -0.4 is 4.74 Å². The fourth-order valence-electron chi connectivity index (χ4n) is 8.43. The maximum atomic E-state index is 6.48. The van der Waals surface area contributed by atoms with Gasteiger partial charge >= 0.3 is 0 Å². The molecule has 0 spiro atoms. The number of hydrogen-bond acceptors (Lipinski definition) is 1. The second-order valence-electron chi connectivity index (χ2n) is 16.2. The molecule has 1 nitrogen and oxygen atoms in total. The Labute approximate surface area is 296 Å². The molecule has 0 aromatic heterocycles. The van der Waals surface area contributed by atoms with Crippen LogP contribution >= 0.6 is 0 Å². The van der Waals surface area contributed by atoms with Gasteiger partial charge in [-0.25, -0.2) is 0 Å². The highest BCUT2D eigenvalue weighted by molar-refractivity contribution is 6.04. The Morgan fingerprint density at radius 3 is 1.70 bits per heavy atom. The number of fused-ring (bicyclic) bond motifs is 5. The molecule has 1 heteroatoms. The molecular formula is C49H42O. The molecule has 0 amide bonds. The van der Waals surface area contributed by atoms with E-state index in [0.29, 0.717) is 0 Å². The molecule has 1 aliphatic carbocycles. The predicted octanol–water partition coefficient (Wildman–Crippen LogP) is 13.2. The average molecular weight is 647 g/mol. The molecule has 1 aliphatic heterocycles. The van der Waals surface area contributed by atoms with Crippen molar-refractivity contribution in [2.75, 3.05) is 0 Å². The van der Waals surface area contributed by atoms with Crippen molar-refractivity contribution in [2.45, 2.75) is 57.8 Å². The van der Waals surface area contributed by atoms with E-state index < -0.39 is 5.41 Å². The normalized spacial score (nSPS) is 14.1. The quantitative estimate of drug-likeness (QED) is 0.186. The molecule has 0 radical (unpaired) electrons. The summed E-state index contributed by atoms with van der Waals surface area (Å²) >= 11 is 0. The van der Waals surface area contributed by atoms with Crippen molar-refractivity contribution in [3.8, 4) is 44.9 Å². The lowest BCUT2D eigenvalue weighted by molar-refractivity contribution is 0.487. The fraction of sp³-hybridized carbons (Fsp3) is 0.184. The first-order chi connectivity index (χ1) is 24.0. The molecular weight excluding hydrogens is 605 g/mol. The van der Waals surface area contributed by atoms with E-state index in [1.807, 2.05) is 0 Å². The van der Waals surface area contributed by atoms with Crippen molar-refractivity contribution >= 4 is 10.8 Å². The van der Waals surface area contributed by atoms with Gasteiger partial charge in [-0.05, 0) is 102 Å². The highest BCUT2D eigenvalue weighted by Gasteiger charge is 2.47. The van der Waals surface area contributed by atoms with Crippen LogP contribution in [0.2, 0.25) is 0 Å². The largest absolute Gasteiger partial charge is 0.456 e. The zero-order chi connectivity index (χ0) is 34.4. The lowest BCUT2D eigenvalue weighted by Gasteiger charge is -2.36. The maximum absolute atomic E-state index is 6.48. The lowest BCUT2D eigenvalue weighted by Crippen LogP contribution is -2.30. The van der Waals surface area contributed by atoms with E-state index in [1.165, 1.54) is 72.0 Å². The SMILES string of the molecule is CC(C)(C)c1cccc(C2(c3cccc(C(C)(C)C)c3)c3ccccc3-c3ccc(-c4ccc5c(c4)-c4cccc6cccc(c46)O5)cc32)c1. The summed E-state index contributed by atoms with van der Waals surface area (Å²) in [6.45, 7) is 13.9. The van der Waals surface area contributed by atoms with Gasteiger partial charge in [0.1, 0.15) is 11.5 Å². The Morgan fingerprint density at radius 1 is 0.420 bits per heavy atom. The molecule has 0 unspecified atom stereocenters. The monoisotopic (exact) mass is 646 g/mol. The van der Waals surface area contributed by atoms with Crippen LogP contribution in [0.5, 0.6) is 11.5 Å². The molecule has 0 saturated heterocycles. The Morgan fingerprint density at radius 2 is 1.00 bits per heavy atom. The molecule has 50 heavy (non-hydrogen) atoms. The molecule has 0 saturated carbocycles. The van der Waals surface area contributed by atoms with Gasteiger partial charge in [-0.3, -0.25) is 0 Å². The third-order valence-electron chi connectivity index (χ3n) is 11.1. The van der Waals surface area contributed by atoms with Gasteiger partial charge in [0.25, 0.3) is 0 Å². The van der Waals surface area contributed by atoms with Gasteiger partial charge in [-0.1, -0.05) is 163 Å². The van der Waals surface area contributed by atoms with Crippen LogP contribution in [0.15, 0.2) is 146 Å². The molecule has 9 rings (SSSR count). The zero-order valence-electron chi connectivity index (χ0n) is 29.8. The Kier molecular flexibility index (Phi) is 6.62. The topological polar surface area (TPSA) is 9.23 Å². The van der Waals surface area contributed by atoms with Crippen molar-refractivity contribution in [3.05, 3.63) is 179 Å². The Balaban J connectivity index is 1.32. The predicted molar refractivity (Wildman–Crippen MR) is 210 cm³/mol. The number of hydrogen-bond donors (Lipinski definition) is 0. The van der Waals surface area contributed by atoms with E-state index in [4.69, 9.17) is 4.74 Å². The number of benzene rings is 7. The minimum atomic E-state index is -0.494. The molecule has 0 bridgehead atoms. The van der Waals surface area contributed by atoms with Crippen LogP contribution in [0.1, 0.15) is 74.9 Å². The van der Waals surface area contributed by atoms with Crippen molar-refractivity contribution in [1.29, 1.82) is 0 Å². The highest BCUT2D eigenvalue weighted by atomic mass is 16.5. The molecule has 244 valence electrons. The summed E-state index contributed by atoms with van der Waals surface area (Å²) in [5.74, 6) is 1.83. The first kappa shape index (κ1) is 30.6. The average Bonchev–Trinajstić information content (AvgIpc) is 3.42. The third-order valence-corrected chi connectivity index (χ3v) is 11.1. The van der Waals surface area contributed by atoms with Crippen molar-refractivity contribution in [2.24, 2.45) is 0 Å². The molecule has 2 aliphatic rings. The van der Waals surface area contributed by atoms with Crippen molar-refractivity contribution in [1.82, 2.24) is 0 Å². The maximum Gasteiger partial charge on any atom is 0.135 e. The highest BCUT2D eigenvalue weighted by Crippen LogP contribution is 2.57. The first-order valence-electron chi connectivity index (χ1n) is 17.8. The summed E-state index contributed by atoms with van der Waals surface area (Å²) in [5, 5.41) is 2.38. The van der Waals surface area contributed by atoms with Crippen molar-refractivity contribution < 1.29 is 4.74 Å². The molecule has 7 aromatic rings. The molecule has 0 fully saturated rings. The second-order valence-corrected chi connectivity index (χ2v) is 16.2. The van der Waals surface area contributed by atoms with Crippen LogP contribution in [0.25, 0.3) is 44.2 Å². The van der Waals surface area contributed by atoms with Crippen LogP contribution in [0.3, 0.4) is 0 Å². The standard InChI is InChI=1S/C49H42O/c1-47(2,3)34-15-11-17-36(29-34)49(37-18-12-16-35(30-37)48(4,5)6)42-21-8-7-19-38(42)39-25-23-33(28-43(39)49)32-24-26-44-41(27-32)40-20-9-13-31-14-10-22-45(50-44)46(31)40/h7-30H,1-6H3. The minimum Gasteiger partial charge on any atom is -0.456 e. The van der Waals surface area contributed by atoms with Gasteiger partial charge in [-0.2, -0.15) is 0 Å². The number of ether oxygens (including phenoxy) is 1. The summed E-state index contributed by atoms with van der Waals surface area (Å²) in [6, 6.07) is 54.5. The van der Waals surface area contributed by atoms with E-state index in [0.717, 1.165) is 17.1 Å². The zero-order valence-corrected chi connectivity index (χ0v) is 29.8. The summed E-state index contributed by atoms with van der Waals surface area (Å²) in [6.07, 6.45) is 0. The Bertz CT molecular complexity index is 2420. The van der Waals surface area contributed by atoms with E-state index in [2.05, 4.69) is 187 Å². The lowest BCUT2D eigenvalue weighted by atomic mass is 9.66. The van der Waals surface area contributed by atoms with Crippen LogP contribution in [-0.2, 0) is 16.2 Å². The van der Waals surface area contributed by atoms with Crippen LogP contribution in [0.4, 0.5) is 0 Å². The molecule has 0 N–H and O–H groups in total. The minimum absolute atomic E-state index is 0.0138. The molecule has 1 heterocycles. The van der Waals surface area contributed by atoms with Crippen LogP contribution in [-0.4, -0.2) is 0 Å². The number of rotatable bonds is 3. The van der Waals surface area contributed by atoms with Gasteiger partial charge in [0.2, 0.25) is 0 Å². The van der Waals surface area contributed by atoms with Gasteiger partial charge in [0, 0.05) is 10.9 Å². The Hall–Kier alpha value is -5.40. The van der Waals surface area contributed by atoms with Gasteiger partial charge < -0.3 is 4.74 Å². The van der Waals surface area contributed by atoms with Gasteiger partial charge in [0.15, 0.2) is 0 Å². The van der Waals surface area contributed by atoms with Gasteiger partial charge in [0.05, 0.1) is 5.41 Å². The van der Waals surface area contributed by atoms with E-state index in [9.17, 15) is 0 Å². The molecule has 0 atom stereocenters. The fourth-order valence-corrected chi connectivity index (χ4v) is 8.43. The summed E-state index contributed by atoms with van der Waals surface area (Å²) < 4.78 is 6.48. The summed E-state index contributed by atoms with van der Waals surface area (Å²) in [4.78, 5) is 0. The summed E-state index contributed by atoms with van der Waals surface area (Å²) in [7, 11) is 0. The van der Waals surface area contributed by atoms with Crippen LogP contribution in [0, 0.1) is 0 Å². The first-order valence-corrected chi connectivity index (χ1v) is 17.8. The third kappa shape index (κ3) is 4.53. The van der Waals surface area contributed by atoms with Gasteiger partial charge in [-0.15, -0.1) is 0 Å². The van der Waals surface area contributed by atoms with Crippen molar-refractivity contribution in [3.63, 3.8) is 0 Å². The second kappa shape index (κ2) is 10.8. The molecule has 7 aromatic carbocycles.